The highest BCUT2D eigenvalue weighted by Crippen LogP contribution is 2.44. The van der Waals surface area contributed by atoms with Gasteiger partial charge in [-0.15, -0.1) is 5.10 Å². The number of hydrogen-bond acceptors (Lipinski definition) is 5. The second-order valence-corrected chi connectivity index (χ2v) is 7.29. The summed E-state index contributed by atoms with van der Waals surface area (Å²) >= 11 is 1.37. The molecule has 120 valence electrons. The van der Waals surface area contributed by atoms with E-state index in [0.717, 1.165) is 18.0 Å². The summed E-state index contributed by atoms with van der Waals surface area (Å²) in [7, 11) is 0. The average Bonchev–Trinajstić information content (AvgIpc) is 3.30. The van der Waals surface area contributed by atoms with Crippen LogP contribution in [-0.2, 0) is 4.79 Å². The second-order valence-electron chi connectivity index (χ2n) is 6.35. The van der Waals surface area contributed by atoms with E-state index in [0.29, 0.717) is 22.9 Å². The maximum Gasteiger partial charge on any atom is 0.230 e. The van der Waals surface area contributed by atoms with Crippen LogP contribution in [0, 0.1) is 11.8 Å². The predicted molar refractivity (Wildman–Crippen MR) is 87.3 cm³/mol. The minimum Gasteiger partial charge on any atom is -0.352 e. The molecule has 2 aromatic rings. The number of carbonyl (C=O) groups is 1. The molecule has 2 bridgehead atoms. The maximum atomic E-state index is 12.2. The average molecular weight is 329 g/mol. The van der Waals surface area contributed by atoms with E-state index in [2.05, 4.69) is 20.8 Å². The zero-order valence-electron chi connectivity index (χ0n) is 12.8. The van der Waals surface area contributed by atoms with Gasteiger partial charge in [-0.3, -0.25) is 4.79 Å². The molecule has 0 aliphatic heterocycles. The van der Waals surface area contributed by atoms with Gasteiger partial charge >= 0.3 is 0 Å². The lowest BCUT2D eigenvalue weighted by Gasteiger charge is -2.22. The van der Waals surface area contributed by atoms with E-state index in [1.165, 1.54) is 31.0 Å². The summed E-state index contributed by atoms with van der Waals surface area (Å²) in [5, 5.41) is 15.6. The van der Waals surface area contributed by atoms with Crippen molar-refractivity contribution in [3.63, 3.8) is 0 Å². The first kappa shape index (κ1) is 14.7. The Morgan fingerprint density at radius 2 is 2.13 bits per heavy atom. The Labute approximate surface area is 139 Å². The summed E-state index contributed by atoms with van der Waals surface area (Å²) in [6.45, 7) is 0. The topological polar surface area (TPSA) is 72.7 Å². The van der Waals surface area contributed by atoms with Gasteiger partial charge < -0.3 is 5.32 Å². The molecule has 6 nitrogen and oxygen atoms in total. The van der Waals surface area contributed by atoms with E-state index in [4.69, 9.17) is 0 Å². The molecule has 1 heterocycles. The van der Waals surface area contributed by atoms with Crippen LogP contribution in [-0.4, -0.2) is 37.9 Å². The van der Waals surface area contributed by atoms with Crippen molar-refractivity contribution in [2.45, 2.75) is 36.9 Å². The third-order valence-electron chi connectivity index (χ3n) is 4.86. The van der Waals surface area contributed by atoms with Gasteiger partial charge in [-0.1, -0.05) is 36.4 Å². The zero-order valence-corrected chi connectivity index (χ0v) is 13.6. The highest BCUT2D eigenvalue weighted by atomic mass is 32.2. The Morgan fingerprint density at radius 1 is 1.26 bits per heavy atom. The van der Waals surface area contributed by atoms with Crippen molar-refractivity contribution in [2.24, 2.45) is 11.8 Å². The first-order chi connectivity index (χ1) is 11.3. The highest BCUT2D eigenvalue weighted by molar-refractivity contribution is 7.99. The third-order valence-corrected chi connectivity index (χ3v) is 5.78. The van der Waals surface area contributed by atoms with Crippen LogP contribution in [0.2, 0.25) is 0 Å². The van der Waals surface area contributed by atoms with Crippen molar-refractivity contribution in [3.05, 3.63) is 30.3 Å². The van der Waals surface area contributed by atoms with Crippen LogP contribution in [0.15, 0.2) is 35.5 Å². The molecule has 4 rings (SSSR count). The van der Waals surface area contributed by atoms with Crippen LogP contribution in [0.3, 0.4) is 0 Å². The van der Waals surface area contributed by atoms with Gasteiger partial charge in [0.25, 0.3) is 0 Å². The molecule has 3 atom stereocenters. The number of para-hydroxylation sites is 1. The van der Waals surface area contributed by atoms with Gasteiger partial charge in [0.1, 0.15) is 0 Å². The number of fused-ring (bicyclic) bond motifs is 2. The van der Waals surface area contributed by atoms with Crippen LogP contribution < -0.4 is 5.32 Å². The summed E-state index contributed by atoms with van der Waals surface area (Å²) in [6.07, 6.45) is 5.07. The van der Waals surface area contributed by atoms with E-state index in [-0.39, 0.29) is 5.91 Å². The minimum atomic E-state index is 0.0789. The monoisotopic (exact) mass is 329 g/mol. The van der Waals surface area contributed by atoms with E-state index >= 15 is 0 Å². The lowest BCUT2D eigenvalue weighted by atomic mass is 9.95. The molecular formula is C16H19N5OS. The van der Waals surface area contributed by atoms with E-state index in [9.17, 15) is 4.79 Å². The van der Waals surface area contributed by atoms with Crippen molar-refractivity contribution in [1.29, 1.82) is 0 Å². The number of amides is 1. The third kappa shape index (κ3) is 3.10. The van der Waals surface area contributed by atoms with Crippen molar-refractivity contribution in [2.75, 3.05) is 5.75 Å². The molecule has 1 amide bonds. The molecule has 1 aromatic carbocycles. The van der Waals surface area contributed by atoms with Crippen molar-refractivity contribution >= 4 is 17.7 Å². The summed E-state index contributed by atoms with van der Waals surface area (Å²) < 4.78 is 1.66. The number of tetrazole rings is 1. The lowest BCUT2D eigenvalue weighted by molar-refractivity contribution is -0.119. The largest absolute Gasteiger partial charge is 0.352 e. The van der Waals surface area contributed by atoms with E-state index in [1.807, 2.05) is 30.3 Å². The smallest absolute Gasteiger partial charge is 0.230 e. The minimum absolute atomic E-state index is 0.0789. The van der Waals surface area contributed by atoms with Crippen LogP contribution in [0.4, 0.5) is 0 Å². The van der Waals surface area contributed by atoms with Gasteiger partial charge in [0.15, 0.2) is 0 Å². The molecule has 0 spiro atoms. The molecule has 0 unspecified atom stereocenters. The summed E-state index contributed by atoms with van der Waals surface area (Å²) in [4.78, 5) is 12.2. The summed E-state index contributed by atoms with van der Waals surface area (Å²) in [6, 6.07) is 10.1. The standard InChI is InChI=1S/C16H19N5OS/c22-15(17-14-9-11-6-7-12(14)8-11)10-23-16-18-19-20-21(16)13-4-2-1-3-5-13/h1-5,11-12,14H,6-10H2,(H,17,22)/t11-,12+,14+/m0/s1. The molecule has 0 saturated heterocycles. The molecule has 1 N–H and O–H groups in total. The number of nitrogens with zero attached hydrogens (tertiary/aromatic N) is 4. The fourth-order valence-corrected chi connectivity index (χ4v) is 4.50. The molecule has 7 heteroatoms. The molecule has 1 aromatic heterocycles. The fourth-order valence-electron chi connectivity index (χ4n) is 3.80. The predicted octanol–water partition coefficient (Wildman–Crippen LogP) is 2.06. The Bertz CT molecular complexity index is 689. The maximum absolute atomic E-state index is 12.2. The van der Waals surface area contributed by atoms with Gasteiger partial charge in [0.05, 0.1) is 11.4 Å². The second kappa shape index (κ2) is 6.31. The number of nitrogens with one attached hydrogen (secondary N) is 1. The first-order valence-corrected chi connectivity index (χ1v) is 9.04. The Morgan fingerprint density at radius 3 is 2.87 bits per heavy atom. The molecule has 2 aliphatic rings. The molecule has 2 fully saturated rings. The normalized spacial score (nSPS) is 25.7. The van der Waals surface area contributed by atoms with Gasteiger partial charge in [-0.25, -0.2) is 0 Å². The summed E-state index contributed by atoms with van der Waals surface area (Å²) in [5.41, 5.74) is 0.897. The molecule has 2 saturated carbocycles. The van der Waals surface area contributed by atoms with Gasteiger partial charge in [-0.2, -0.15) is 4.68 Å². The van der Waals surface area contributed by atoms with Gasteiger partial charge in [0, 0.05) is 6.04 Å². The van der Waals surface area contributed by atoms with Crippen LogP contribution in [0.1, 0.15) is 25.7 Å². The zero-order chi connectivity index (χ0) is 15.6. The number of aromatic nitrogens is 4. The quantitative estimate of drug-likeness (QED) is 0.850. The van der Waals surface area contributed by atoms with Crippen LogP contribution >= 0.6 is 11.8 Å². The summed E-state index contributed by atoms with van der Waals surface area (Å²) in [5.74, 6) is 1.96. The molecule has 0 radical (unpaired) electrons. The Balaban J connectivity index is 1.35. The molecular weight excluding hydrogens is 310 g/mol. The van der Waals surface area contributed by atoms with E-state index in [1.54, 1.807) is 4.68 Å². The Kier molecular flexibility index (Phi) is 4.03. The van der Waals surface area contributed by atoms with E-state index < -0.39 is 0 Å². The van der Waals surface area contributed by atoms with Gasteiger partial charge in [0.2, 0.25) is 11.1 Å². The van der Waals surface area contributed by atoms with Crippen LogP contribution in [0.5, 0.6) is 0 Å². The number of hydrogen-bond donors (Lipinski definition) is 1. The van der Waals surface area contributed by atoms with Crippen LogP contribution in [0.25, 0.3) is 5.69 Å². The number of benzene rings is 1. The van der Waals surface area contributed by atoms with Crippen molar-refractivity contribution < 1.29 is 4.79 Å². The first-order valence-electron chi connectivity index (χ1n) is 8.05. The molecule has 23 heavy (non-hydrogen) atoms. The highest BCUT2D eigenvalue weighted by Gasteiger charge is 2.40. The van der Waals surface area contributed by atoms with Crippen molar-refractivity contribution in [3.8, 4) is 5.69 Å². The number of thioether (sulfide) groups is 1. The van der Waals surface area contributed by atoms with Gasteiger partial charge in [-0.05, 0) is 53.7 Å². The lowest BCUT2D eigenvalue weighted by Crippen LogP contribution is -2.39. The molecule has 2 aliphatic carbocycles. The number of rotatable bonds is 5. The SMILES string of the molecule is O=C(CSc1nnnn1-c1ccccc1)N[C@@H]1C[C@H]2CC[C@@H]1C2. The number of carbonyl (C=O) groups excluding carboxylic acids is 1. The van der Waals surface area contributed by atoms with Crippen molar-refractivity contribution in [1.82, 2.24) is 25.5 Å². The Hall–Kier alpha value is -1.89. The fraction of sp³-hybridized carbons (Fsp3) is 0.500.